The molecule has 1 aliphatic carbocycles. The fourth-order valence-electron chi connectivity index (χ4n) is 7.15. The number of aromatic hydroxyl groups is 2. The van der Waals surface area contributed by atoms with Gasteiger partial charge in [0, 0.05) is 16.7 Å². The van der Waals surface area contributed by atoms with E-state index in [1.807, 2.05) is 42.5 Å². The Morgan fingerprint density at radius 2 is 1.17 bits per heavy atom. The van der Waals surface area contributed by atoms with E-state index in [4.69, 9.17) is 9.47 Å². The van der Waals surface area contributed by atoms with E-state index in [2.05, 4.69) is 36.4 Å². The number of hydrogen-bond acceptors (Lipinski definition) is 4. The molecule has 36 heavy (non-hydrogen) atoms. The van der Waals surface area contributed by atoms with E-state index in [0.29, 0.717) is 0 Å². The third-order valence-electron chi connectivity index (χ3n) is 8.35. The molecule has 170 valence electrons. The Balaban J connectivity index is 1.58. The van der Waals surface area contributed by atoms with E-state index in [1.165, 1.54) is 0 Å². The van der Waals surface area contributed by atoms with Gasteiger partial charge in [-0.3, -0.25) is 0 Å². The van der Waals surface area contributed by atoms with Gasteiger partial charge < -0.3 is 19.7 Å². The molecule has 0 saturated heterocycles. The van der Waals surface area contributed by atoms with Crippen LogP contribution in [0.25, 0.3) is 32.3 Å². The second kappa shape index (κ2) is 5.74. The van der Waals surface area contributed by atoms with Crippen molar-refractivity contribution < 1.29 is 19.7 Å². The Labute approximate surface area is 205 Å². The molecule has 2 unspecified atom stereocenters. The van der Waals surface area contributed by atoms with Gasteiger partial charge in [-0.2, -0.15) is 0 Å². The lowest BCUT2D eigenvalue weighted by Crippen LogP contribution is -2.47. The highest BCUT2D eigenvalue weighted by Gasteiger charge is 2.74. The van der Waals surface area contributed by atoms with Crippen LogP contribution < -0.4 is 9.47 Å². The highest BCUT2D eigenvalue weighted by atomic mass is 16.7. The lowest BCUT2D eigenvalue weighted by molar-refractivity contribution is -0.113. The molecule has 0 aromatic heterocycles. The normalized spacial score (nSPS) is 22.2. The number of ether oxygens (including phenoxy) is 2. The monoisotopic (exact) mass is 466 g/mol. The van der Waals surface area contributed by atoms with Crippen LogP contribution in [0.3, 0.4) is 0 Å². The quantitative estimate of drug-likeness (QED) is 0.257. The maximum Gasteiger partial charge on any atom is 0.296 e. The highest BCUT2D eigenvalue weighted by Crippen LogP contribution is 2.73. The van der Waals surface area contributed by atoms with Crippen molar-refractivity contribution in [3.05, 3.63) is 119 Å². The maximum absolute atomic E-state index is 10.6. The van der Waals surface area contributed by atoms with Crippen molar-refractivity contribution in [3.63, 3.8) is 0 Å². The Kier molecular flexibility index (Phi) is 2.97. The smallest absolute Gasteiger partial charge is 0.296 e. The van der Waals surface area contributed by atoms with Crippen LogP contribution in [0.15, 0.2) is 97.1 Å². The summed E-state index contributed by atoms with van der Waals surface area (Å²) in [6.07, 6.45) is 0. The largest absolute Gasteiger partial charge is 0.508 e. The Morgan fingerprint density at radius 3 is 1.97 bits per heavy atom. The van der Waals surface area contributed by atoms with Crippen LogP contribution in [0.2, 0.25) is 0 Å². The van der Waals surface area contributed by atoms with E-state index in [9.17, 15) is 10.2 Å². The van der Waals surface area contributed by atoms with E-state index in [0.717, 1.165) is 66.1 Å². The molecular formula is C32H18O4. The predicted octanol–water partition coefficient (Wildman–Crippen LogP) is 6.84. The number of hydrogen-bond donors (Lipinski definition) is 2. The third kappa shape index (κ3) is 1.80. The first-order chi connectivity index (χ1) is 17.6. The van der Waals surface area contributed by atoms with E-state index in [1.54, 1.807) is 18.2 Å². The van der Waals surface area contributed by atoms with E-state index >= 15 is 0 Å². The molecule has 2 N–H and O–H groups in total. The summed E-state index contributed by atoms with van der Waals surface area (Å²) in [5.74, 6) is 0.830. The second-order valence-corrected chi connectivity index (χ2v) is 9.97. The first kappa shape index (κ1) is 18.6. The zero-order chi connectivity index (χ0) is 23.8. The van der Waals surface area contributed by atoms with Crippen LogP contribution in [-0.4, -0.2) is 10.2 Å². The molecule has 0 saturated carbocycles. The Hall–Kier alpha value is -4.70. The van der Waals surface area contributed by atoms with Gasteiger partial charge >= 0.3 is 0 Å². The minimum Gasteiger partial charge on any atom is -0.508 e. The van der Waals surface area contributed by atoms with Crippen molar-refractivity contribution in [3.8, 4) is 23.0 Å². The Bertz CT molecular complexity index is 1990. The molecule has 4 heteroatoms. The molecule has 2 atom stereocenters. The van der Waals surface area contributed by atoms with Crippen molar-refractivity contribution >= 4 is 32.3 Å². The highest BCUT2D eigenvalue weighted by molar-refractivity contribution is 6.04. The Morgan fingerprint density at radius 1 is 0.528 bits per heavy atom. The molecule has 4 nitrogen and oxygen atoms in total. The summed E-state index contributed by atoms with van der Waals surface area (Å²) in [5, 5.41) is 27.0. The summed E-state index contributed by atoms with van der Waals surface area (Å²) in [6.45, 7) is 0. The molecule has 0 radical (unpaired) electrons. The number of benzene rings is 6. The van der Waals surface area contributed by atoms with Gasteiger partial charge in [0.25, 0.3) is 5.79 Å². The molecule has 2 aliphatic heterocycles. The van der Waals surface area contributed by atoms with Crippen LogP contribution in [-0.2, 0) is 11.2 Å². The second-order valence-electron chi connectivity index (χ2n) is 9.97. The van der Waals surface area contributed by atoms with Crippen molar-refractivity contribution in [1.29, 1.82) is 0 Å². The lowest BCUT2D eigenvalue weighted by atomic mass is 9.66. The summed E-state index contributed by atoms with van der Waals surface area (Å²) in [5.41, 5.74) is 3.36. The van der Waals surface area contributed by atoms with Gasteiger partial charge in [-0.1, -0.05) is 60.7 Å². The van der Waals surface area contributed by atoms with Crippen LogP contribution in [0, 0.1) is 0 Å². The van der Waals surface area contributed by atoms with Crippen LogP contribution in [0.1, 0.15) is 22.3 Å². The van der Waals surface area contributed by atoms with E-state index in [-0.39, 0.29) is 11.5 Å². The molecule has 9 rings (SSSR count). The summed E-state index contributed by atoms with van der Waals surface area (Å²) in [7, 11) is 0. The van der Waals surface area contributed by atoms with Gasteiger partial charge in [0.2, 0.25) is 0 Å². The average molecular weight is 466 g/mol. The fraction of sp³-hybridized carbons (Fsp3) is 0.0625. The van der Waals surface area contributed by atoms with E-state index < -0.39 is 11.2 Å². The molecule has 0 amide bonds. The predicted molar refractivity (Wildman–Crippen MR) is 138 cm³/mol. The lowest BCUT2D eigenvalue weighted by Gasteiger charge is -2.33. The number of phenols is 2. The molecule has 2 heterocycles. The van der Waals surface area contributed by atoms with Gasteiger partial charge in [0.1, 0.15) is 28.4 Å². The minimum absolute atomic E-state index is 0.209. The molecular weight excluding hydrogens is 448 g/mol. The van der Waals surface area contributed by atoms with Crippen LogP contribution >= 0.6 is 0 Å². The number of rotatable bonds is 0. The summed E-state index contributed by atoms with van der Waals surface area (Å²) in [6, 6.07) is 31.7. The standard InChI is InChI=1S/C32H18O4/c33-20-11-12-22-19(15-20)9-14-26-29(22)31-24-5-1-3-18-4-2-6-25(28(18)24)32(31,35-26)36-27-13-8-17-7-10-21(34)16-23(17)30(27)31/h1-16,33-34H. The maximum atomic E-state index is 10.6. The van der Waals surface area contributed by atoms with Gasteiger partial charge in [0.15, 0.2) is 0 Å². The third-order valence-corrected chi connectivity index (χ3v) is 8.35. The molecule has 3 aliphatic rings. The molecule has 6 aromatic rings. The summed E-state index contributed by atoms with van der Waals surface area (Å²) < 4.78 is 13.9. The average Bonchev–Trinajstić information content (AvgIpc) is 3.43. The minimum atomic E-state index is -1.12. The van der Waals surface area contributed by atoms with Crippen molar-refractivity contribution in [2.75, 3.05) is 0 Å². The van der Waals surface area contributed by atoms with Crippen molar-refractivity contribution in [2.24, 2.45) is 0 Å². The first-order valence-corrected chi connectivity index (χ1v) is 12.0. The van der Waals surface area contributed by atoms with Crippen LogP contribution in [0.5, 0.6) is 23.0 Å². The summed E-state index contributed by atoms with van der Waals surface area (Å²) >= 11 is 0. The van der Waals surface area contributed by atoms with Crippen LogP contribution in [0.4, 0.5) is 0 Å². The van der Waals surface area contributed by atoms with Crippen molar-refractivity contribution in [2.45, 2.75) is 11.2 Å². The number of fused-ring (bicyclic) bond motifs is 6. The SMILES string of the molecule is Oc1ccc2c3c(ccc2c1)OC12Oc4ccc5ccc(O)cc5c4C31c1cccc3cccc2c13. The van der Waals surface area contributed by atoms with Gasteiger partial charge in [-0.15, -0.1) is 0 Å². The topological polar surface area (TPSA) is 58.9 Å². The van der Waals surface area contributed by atoms with Gasteiger partial charge in [-0.25, -0.2) is 0 Å². The summed E-state index contributed by atoms with van der Waals surface area (Å²) in [4.78, 5) is 0. The van der Waals surface area contributed by atoms with Gasteiger partial charge in [-0.05, 0) is 74.3 Å². The zero-order valence-electron chi connectivity index (χ0n) is 18.9. The zero-order valence-corrected chi connectivity index (χ0v) is 18.9. The molecule has 0 fully saturated rings. The molecule has 0 spiro atoms. The number of phenolic OH excluding ortho intramolecular Hbond substituents is 2. The van der Waals surface area contributed by atoms with Crippen molar-refractivity contribution in [1.82, 2.24) is 0 Å². The molecule has 0 bridgehead atoms. The van der Waals surface area contributed by atoms with Gasteiger partial charge in [0.05, 0.1) is 0 Å². The first-order valence-electron chi connectivity index (χ1n) is 12.0. The fourth-order valence-corrected chi connectivity index (χ4v) is 7.15. The molecule has 6 aromatic carbocycles.